The zero-order chi connectivity index (χ0) is 13.8. The Kier molecular flexibility index (Phi) is 4.42. The Bertz CT molecular complexity index is 627. The average Bonchev–Trinajstić information content (AvgIpc) is 2.88. The van der Waals surface area contributed by atoms with E-state index in [1.54, 1.807) is 17.5 Å². The van der Waals surface area contributed by atoms with Crippen LogP contribution in [0.2, 0.25) is 10.0 Å². The zero-order valence-corrected chi connectivity index (χ0v) is 11.8. The van der Waals surface area contributed by atoms with Gasteiger partial charge in [-0.05, 0) is 23.6 Å². The molecule has 19 heavy (non-hydrogen) atoms. The fourth-order valence-electron chi connectivity index (χ4n) is 1.31. The molecule has 1 heterocycles. The molecule has 0 bridgehead atoms. The minimum absolute atomic E-state index is 0.124. The van der Waals surface area contributed by atoms with Gasteiger partial charge in [0, 0.05) is 10.6 Å². The van der Waals surface area contributed by atoms with Gasteiger partial charge in [0.05, 0.1) is 16.1 Å². The van der Waals surface area contributed by atoms with E-state index < -0.39 is 0 Å². The van der Waals surface area contributed by atoms with Crippen molar-refractivity contribution in [2.24, 2.45) is 5.10 Å². The van der Waals surface area contributed by atoms with Crippen LogP contribution in [0, 0.1) is 0 Å². The molecule has 0 fully saturated rings. The quantitative estimate of drug-likeness (QED) is 0.672. The summed E-state index contributed by atoms with van der Waals surface area (Å²) in [4.78, 5) is 12.1. The minimum atomic E-state index is -0.320. The van der Waals surface area contributed by atoms with Crippen LogP contribution in [0.15, 0.2) is 34.7 Å². The molecule has 2 aromatic rings. The lowest BCUT2D eigenvalue weighted by atomic mass is 10.2. The van der Waals surface area contributed by atoms with Crippen molar-refractivity contribution >= 4 is 46.7 Å². The number of carbonyl (C=O) groups excluding carboxylic acids is 1. The molecule has 0 atom stereocenters. The van der Waals surface area contributed by atoms with E-state index in [-0.39, 0.29) is 16.7 Å². The number of thiophene rings is 1. The van der Waals surface area contributed by atoms with E-state index in [1.165, 1.54) is 29.7 Å². The van der Waals surface area contributed by atoms with Gasteiger partial charge in [0.15, 0.2) is 0 Å². The summed E-state index contributed by atoms with van der Waals surface area (Å²) in [6.45, 7) is 0. The van der Waals surface area contributed by atoms with Gasteiger partial charge in [-0.1, -0.05) is 29.3 Å². The number of hydrazone groups is 1. The highest BCUT2D eigenvalue weighted by Gasteiger charge is 2.07. The van der Waals surface area contributed by atoms with E-state index in [9.17, 15) is 9.90 Å². The largest absolute Gasteiger partial charge is 0.506 e. The molecule has 7 heteroatoms. The molecule has 4 nitrogen and oxygen atoms in total. The Labute approximate surface area is 123 Å². The third-order valence-electron chi connectivity index (χ3n) is 2.17. The van der Waals surface area contributed by atoms with E-state index in [1.807, 2.05) is 0 Å². The number of amides is 1. The van der Waals surface area contributed by atoms with E-state index in [0.29, 0.717) is 15.5 Å². The van der Waals surface area contributed by atoms with Gasteiger partial charge in [0.1, 0.15) is 5.75 Å². The monoisotopic (exact) mass is 314 g/mol. The first kappa shape index (κ1) is 13.9. The van der Waals surface area contributed by atoms with E-state index in [4.69, 9.17) is 23.2 Å². The molecule has 0 radical (unpaired) electrons. The highest BCUT2D eigenvalue weighted by molar-refractivity contribution is 7.12. The number of carbonyl (C=O) groups is 1. The number of nitrogens with zero attached hydrogens (tertiary/aromatic N) is 1. The second kappa shape index (κ2) is 6.06. The fourth-order valence-corrected chi connectivity index (χ4v) is 2.43. The van der Waals surface area contributed by atoms with Gasteiger partial charge < -0.3 is 5.11 Å². The Hall–Kier alpha value is -1.56. The van der Waals surface area contributed by atoms with Crippen LogP contribution in [0.1, 0.15) is 15.2 Å². The molecule has 98 valence electrons. The smallest absolute Gasteiger partial charge is 0.281 e. The Morgan fingerprint density at radius 1 is 1.42 bits per heavy atom. The summed E-state index contributed by atoms with van der Waals surface area (Å²) in [7, 11) is 0. The summed E-state index contributed by atoms with van der Waals surface area (Å²) in [6, 6.07) is 6.36. The van der Waals surface area contributed by atoms with Gasteiger partial charge in [-0.25, -0.2) is 5.43 Å². The predicted molar refractivity (Wildman–Crippen MR) is 77.5 cm³/mol. The molecule has 0 aliphatic carbocycles. The maximum Gasteiger partial charge on any atom is 0.281 e. The first-order valence-electron chi connectivity index (χ1n) is 5.13. The molecule has 1 amide bonds. The molecular formula is C12H8Cl2N2O2S. The minimum Gasteiger partial charge on any atom is -0.506 e. The van der Waals surface area contributed by atoms with Crippen molar-refractivity contribution in [3.8, 4) is 5.75 Å². The van der Waals surface area contributed by atoms with E-state index >= 15 is 0 Å². The molecule has 2 N–H and O–H groups in total. The molecular weight excluding hydrogens is 307 g/mol. The lowest BCUT2D eigenvalue weighted by Gasteiger charge is -2.02. The number of hydrogen-bond donors (Lipinski definition) is 2. The van der Waals surface area contributed by atoms with E-state index in [2.05, 4.69) is 10.5 Å². The van der Waals surface area contributed by atoms with Crippen molar-refractivity contribution in [3.05, 3.63) is 50.1 Å². The molecule has 0 saturated heterocycles. The van der Waals surface area contributed by atoms with Gasteiger partial charge in [-0.15, -0.1) is 11.3 Å². The molecule has 1 aromatic carbocycles. The fraction of sp³-hybridized carbons (Fsp3) is 0. The van der Waals surface area contributed by atoms with Crippen LogP contribution < -0.4 is 5.43 Å². The lowest BCUT2D eigenvalue weighted by molar-refractivity contribution is 0.0959. The highest BCUT2D eigenvalue weighted by Crippen LogP contribution is 2.29. The van der Waals surface area contributed by atoms with Crippen LogP contribution in [0.4, 0.5) is 0 Å². The van der Waals surface area contributed by atoms with Crippen LogP contribution in [-0.2, 0) is 0 Å². The lowest BCUT2D eigenvalue weighted by Crippen LogP contribution is -2.16. The van der Waals surface area contributed by atoms with Crippen LogP contribution >= 0.6 is 34.5 Å². The molecule has 0 aliphatic heterocycles. The van der Waals surface area contributed by atoms with Crippen molar-refractivity contribution in [2.75, 3.05) is 0 Å². The van der Waals surface area contributed by atoms with Crippen molar-refractivity contribution in [2.45, 2.75) is 0 Å². The number of aromatic hydroxyl groups is 1. The number of halogens is 2. The number of hydrogen-bond acceptors (Lipinski definition) is 4. The summed E-state index contributed by atoms with van der Waals surface area (Å²) < 4.78 is 0. The van der Waals surface area contributed by atoms with Crippen molar-refractivity contribution in [3.63, 3.8) is 0 Å². The van der Waals surface area contributed by atoms with Gasteiger partial charge in [0.25, 0.3) is 5.91 Å². The number of phenols is 1. The van der Waals surface area contributed by atoms with Crippen molar-refractivity contribution < 1.29 is 9.90 Å². The van der Waals surface area contributed by atoms with Crippen LogP contribution in [0.25, 0.3) is 0 Å². The van der Waals surface area contributed by atoms with Gasteiger partial charge in [0.2, 0.25) is 0 Å². The molecule has 0 aliphatic rings. The third-order valence-corrected chi connectivity index (χ3v) is 3.55. The zero-order valence-electron chi connectivity index (χ0n) is 9.43. The molecule has 2 rings (SSSR count). The van der Waals surface area contributed by atoms with E-state index in [0.717, 1.165) is 0 Å². The summed E-state index contributed by atoms with van der Waals surface area (Å²) in [6.07, 6.45) is 1.28. The maximum atomic E-state index is 11.6. The first-order valence-corrected chi connectivity index (χ1v) is 6.76. The first-order chi connectivity index (χ1) is 9.08. The number of nitrogens with one attached hydrogen (secondary N) is 1. The SMILES string of the molecule is O=C(N/N=C\c1cc(Cl)cc(Cl)c1O)c1cccs1. The standard InChI is InChI=1S/C12H8Cl2N2O2S/c13-8-4-7(11(17)9(14)5-8)6-15-16-12(18)10-2-1-3-19-10/h1-6,17H,(H,16,18)/b15-6-. The summed E-state index contributed by atoms with van der Waals surface area (Å²) in [5.41, 5.74) is 2.67. The number of benzene rings is 1. The second-order valence-electron chi connectivity index (χ2n) is 3.50. The van der Waals surface area contributed by atoms with Crippen LogP contribution in [0.3, 0.4) is 0 Å². The van der Waals surface area contributed by atoms with Gasteiger partial charge in [-0.2, -0.15) is 5.10 Å². The Morgan fingerprint density at radius 2 is 2.21 bits per heavy atom. The van der Waals surface area contributed by atoms with Crippen molar-refractivity contribution in [1.29, 1.82) is 0 Å². The van der Waals surface area contributed by atoms with Crippen LogP contribution in [-0.4, -0.2) is 17.2 Å². The maximum absolute atomic E-state index is 11.6. The second-order valence-corrected chi connectivity index (χ2v) is 5.29. The van der Waals surface area contributed by atoms with Crippen molar-refractivity contribution in [1.82, 2.24) is 5.43 Å². The Balaban J connectivity index is 2.09. The average molecular weight is 315 g/mol. The normalized spacial score (nSPS) is 10.8. The summed E-state index contributed by atoms with van der Waals surface area (Å²) in [5.74, 6) is -0.459. The summed E-state index contributed by atoms with van der Waals surface area (Å²) in [5, 5.41) is 15.7. The summed E-state index contributed by atoms with van der Waals surface area (Å²) >= 11 is 12.9. The van der Waals surface area contributed by atoms with Crippen LogP contribution in [0.5, 0.6) is 5.75 Å². The Morgan fingerprint density at radius 3 is 2.89 bits per heavy atom. The molecule has 0 saturated carbocycles. The molecule has 0 spiro atoms. The predicted octanol–water partition coefficient (Wildman–Crippen LogP) is 3.52. The third kappa shape index (κ3) is 3.47. The molecule has 1 aromatic heterocycles. The number of rotatable bonds is 3. The molecule has 0 unspecified atom stereocenters. The highest BCUT2D eigenvalue weighted by atomic mass is 35.5. The van der Waals surface area contributed by atoms with Gasteiger partial charge >= 0.3 is 0 Å². The number of phenolic OH excluding ortho intramolecular Hbond substituents is 1. The topological polar surface area (TPSA) is 61.7 Å². The van der Waals surface area contributed by atoms with Gasteiger partial charge in [-0.3, -0.25) is 4.79 Å².